The number of hydrogen-bond donors (Lipinski definition) is 0. The van der Waals surface area contributed by atoms with E-state index in [0.29, 0.717) is 0 Å². The third-order valence-electron chi connectivity index (χ3n) is 5.76. The van der Waals surface area contributed by atoms with Gasteiger partial charge in [0.05, 0.1) is 19.6 Å². The molecular weight excluding hydrogens is 268 g/mol. The Morgan fingerprint density at radius 1 is 0.727 bits per heavy atom. The zero-order valence-electron chi connectivity index (χ0n) is 15.1. The van der Waals surface area contributed by atoms with Gasteiger partial charge in [-0.25, -0.2) is 4.99 Å². The molecule has 22 heavy (non-hydrogen) atoms. The van der Waals surface area contributed by atoms with Crippen molar-refractivity contribution in [2.45, 2.75) is 96.8 Å². The Kier molecular flexibility index (Phi) is 8.51. The van der Waals surface area contributed by atoms with Crippen molar-refractivity contribution in [3.63, 3.8) is 0 Å². The van der Waals surface area contributed by atoms with Crippen molar-refractivity contribution in [3.05, 3.63) is 0 Å². The second kappa shape index (κ2) is 10.4. The zero-order valence-corrected chi connectivity index (χ0v) is 15.1. The molecule has 0 bridgehead atoms. The van der Waals surface area contributed by atoms with Gasteiger partial charge in [-0.1, -0.05) is 45.4 Å². The van der Waals surface area contributed by atoms with E-state index in [4.69, 9.17) is 4.99 Å². The van der Waals surface area contributed by atoms with Gasteiger partial charge in [-0.15, -0.1) is 0 Å². The minimum Gasteiger partial charge on any atom is -0.279 e. The quantitative estimate of drug-likeness (QED) is 0.402. The molecule has 128 valence electrons. The Balaban J connectivity index is 1.79. The van der Waals surface area contributed by atoms with Crippen LogP contribution in [0.15, 0.2) is 4.99 Å². The molecule has 2 heteroatoms. The Hall–Kier alpha value is -0.370. The van der Waals surface area contributed by atoms with Crippen LogP contribution < -0.4 is 0 Å². The molecule has 0 aromatic carbocycles. The fourth-order valence-corrected chi connectivity index (χ4v) is 4.35. The van der Waals surface area contributed by atoms with Crippen molar-refractivity contribution in [3.8, 4) is 0 Å². The summed E-state index contributed by atoms with van der Waals surface area (Å²) in [5.41, 5.74) is 0. The van der Waals surface area contributed by atoms with Crippen LogP contribution in [0, 0.1) is 0 Å². The van der Waals surface area contributed by atoms with Crippen molar-refractivity contribution in [2.24, 2.45) is 4.99 Å². The van der Waals surface area contributed by atoms with Crippen molar-refractivity contribution >= 4 is 5.84 Å². The topological polar surface area (TPSA) is 12.4 Å². The molecule has 0 aromatic heterocycles. The molecule has 2 aliphatic rings. The molecule has 2 rings (SSSR count). The molecule has 0 saturated carbocycles. The van der Waals surface area contributed by atoms with Gasteiger partial charge in [0.15, 0.2) is 5.84 Å². The van der Waals surface area contributed by atoms with Crippen LogP contribution in [-0.4, -0.2) is 36.5 Å². The summed E-state index contributed by atoms with van der Waals surface area (Å²) in [5, 5.41) is 0. The van der Waals surface area contributed by atoms with Crippen LogP contribution in [0.5, 0.6) is 0 Å². The van der Waals surface area contributed by atoms with Gasteiger partial charge in [0.25, 0.3) is 0 Å². The summed E-state index contributed by atoms with van der Waals surface area (Å²) < 4.78 is 1.29. The normalized spacial score (nSPS) is 22.1. The highest BCUT2D eigenvalue weighted by Gasteiger charge is 2.35. The maximum Gasteiger partial charge on any atom is 0.198 e. The molecule has 2 heterocycles. The Labute approximate surface area is 139 Å². The molecular formula is C20H39N2+. The van der Waals surface area contributed by atoms with Crippen LogP contribution in [0.25, 0.3) is 0 Å². The summed E-state index contributed by atoms with van der Waals surface area (Å²) in [5.74, 6) is 1.59. The van der Waals surface area contributed by atoms with E-state index < -0.39 is 0 Å². The van der Waals surface area contributed by atoms with Crippen molar-refractivity contribution in [1.82, 2.24) is 0 Å². The average molecular weight is 308 g/mol. The van der Waals surface area contributed by atoms with E-state index >= 15 is 0 Å². The van der Waals surface area contributed by atoms with Gasteiger partial charge in [0, 0.05) is 13.0 Å². The highest BCUT2D eigenvalue weighted by Crippen LogP contribution is 2.25. The Bertz CT molecular complexity index is 316. The number of quaternary nitrogens is 1. The number of hydrogen-bond acceptors (Lipinski definition) is 1. The van der Waals surface area contributed by atoms with Crippen molar-refractivity contribution in [2.75, 3.05) is 26.2 Å². The van der Waals surface area contributed by atoms with Gasteiger partial charge in [0.1, 0.15) is 0 Å². The summed E-state index contributed by atoms with van der Waals surface area (Å²) in [6.45, 7) is 7.56. The second-order valence-electron chi connectivity index (χ2n) is 7.61. The van der Waals surface area contributed by atoms with Crippen LogP contribution in [0.1, 0.15) is 96.8 Å². The number of rotatable bonds is 8. The molecule has 2 aliphatic heterocycles. The second-order valence-corrected chi connectivity index (χ2v) is 7.61. The van der Waals surface area contributed by atoms with Gasteiger partial charge in [0.2, 0.25) is 0 Å². The highest BCUT2D eigenvalue weighted by atomic mass is 15.4. The third-order valence-corrected chi connectivity index (χ3v) is 5.76. The fourth-order valence-electron chi connectivity index (χ4n) is 4.35. The van der Waals surface area contributed by atoms with Gasteiger partial charge >= 0.3 is 0 Å². The summed E-state index contributed by atoms with van der Waals surface area (Å²) in [6, 6.07) is 0. The molecule has 1 spiro atoms. The van der Waals surface area contributed by atoms with Gasteiger partial charge in [-0.2, -0.15) is 0 Å². The minimum atomic E-state index is 1.10. The number of piperidine rings is 1. The Morgan fingerprint density at radius 3 is 2.00 bits per heavy atom. The molecule has 0 N–H and O–H groups in total. The monoisotopic (exact) mass is 307 g/mol. The number of amidine groups is 1. The number of nitrogens with zero attached hydrogens (tertiary/aromatic N) is 2. The molecule has 0 radical (unpaired) electrons. The highest BCUT2D eigenvalue weighted by molar-refractivity contribution is 5.75. The van der Waals surface area contributed by atoms with E-state index in [9.17, 15) is 0 Å². The van der Waals surface area contributed by atoms with Crippen LogP contribution in [0.3, 0.4) is 0 Å². The first-order chi connectivity index (χ1) is 10.9. The molecule has 0 atom stereocenters. The third kappa shape index (κ3) is 5.68. The van der Waals surface area contributed by atoms with Gasteiger partial charge in [-0.05, 0) is 44.9 Å². The van der Waals surface area contributed by atoms with Crippen LogP contribution in [0.4, 0.5) is 0 Å². The molecule has 0 unspecified atom stereocenters. The summed E-state index contributed by atoms with van der Waals surface area (Å²) >= 11 is 0. The van der Waals surface area contributed by atoms with Gasteiger partial charge < -0.3 is 0 Å². The lowest BCUT2D eigenvalue weighted by Gasteiger charge is -2.42. The summed E-state index contributed by atoms with van der Waals surface area (Å²) in [4.78, 5) is 5.10. The summed E-state index contributed by atoms with van der Waals surface area (Å²) in [7, 11) is 0. The van der Waals surface area contributed by atoms with E-state index in [2.05, 4.69) is 6.92 Å². The molecule has 0 aromatic rings. The number of unbranched alkanes of at least 4 members (excludes halogenated alkanes) is 6. The predicted octanol–water partition coefficient (Wildman–Crippen LogP) is 5.71. The van der Waals surface area contributed by atoms with Gasteiger partial charge in [-0.3, -0.25) is 4.48 Å². The number of aliphatic imine (C=N–C) groups is 1. The Morgan fingerprint density at radius 2 is 1.32 bits per heavy atom. The first kappa shape index (κ1) is 18.0. The maximum absolute atomic E-state index is 5.10. The largest absolute Gasteiger partial charge is 0.279 e. The van der Waals surface area contributed by atoms with E-state index in [0.717, 1.165) is 6.54 Å². The average Bonchev–Trinajstić information content (AvgIpc) is 2.54. The lowest BCUT2D eigenvalue weighted by atomic mass is 10.0. The first-order valence-electron chi connectivity index (χ1n) is 10.3. The first-order valence-corrected chi connectivity index (χ1v) is 10.3. The van der Waals surface area contributed by atoms with E-state index in [1.54, 1.807) is 5.84 Å². The lowest BCUT2D eigenvalue weighted by molar-refractivity contribution is -0.849. The maximum atomic E-state index is 5.10. The molecule has 0 aliphatic carbocycles. The van der Waals surface area contributed by atoms with Crippen LogP contribution >= 0.6 is 0 Å². The fraction of sp³-hybridized carbons (Fsp3) is 0.950. The smallest absolute Gasteiger partial charge is 0.198 e. The lowest BCUT2D eigenvalue weighted by Crippen LogP contribution is -2.56. The standard InChI is InChI=1S/C20H39N2/c1-2-3-4-5-6-7-10-15-20-21-16-11-8-12-17-22(20)18-13-9-14-19-22/h2-19H2,1H3/q+1. The molecule has 1 fully saturated rings. The van der Waals surface area contributed by atoms with E-state index in [-0.39, 0.29) is 0 Å². The summed E-state index contributed by atoms with van der Waals surface area (Å²) in [6.07, 6.45) is 19.6. The molecule has 2 nitrogen and oxygen atoms in total. The van der Waals surface area contributed by atoms with Crippen LogP contribution in [-0.2, 0) is 0 Å². The minimum absolute atomic E-state index is 1.10. The van der Waals surface area contributed by atoms with Crippen molar-refractivity contribution < 1.29 is 4.48 Å². The zero-order chi connectivity index (χ0) is 15.5. The molecule has 1 saturated heterocycles. The molecule has 0 amide bonds. The SMILES string of the molecule is CCCCCCCCCC1=NCCCCC[N+]12CCCCC2. The predicted molar refractivity (Wildman–Crippen MR) is 97.5 cm³/mol. The van der Waals surface area contributed by atoms with E-state index in [1.807, 2.05) is 0 Å². The van der Waals surface area contributed by atoms with Crippen molar-refractivity contribution in [1.29, 1.82) is 0 Å². The van der Waals surface area contributed by atoms with Crippen LogP contribution in [0.2, 0.25) is 0 Å². The van der Waals surface area contributed by atoms with E-state index in [1.165, 1.54) is 114 Å².